The predicted octanol–water partition coefficient (Wildman–Crippen LogP) is 2.26. The predicted molar refractivity (Wildman–Crippen MR) is 98.1 cm³/mol. The van der Waals surface area contributed by atoms with Crippen LogP contribution in [0.5, 0.6) is 0 Å². The SMILES string of the molecule is CC(C)COCCCNC(=O)C1CC(=O)N(CCc2ccccc2)C1. The summed E-state index contributed by atoms with van der Waals surface area (Å²) in [5, 5.41) is 2.93. The first-order chi connectivity index (χ1) is 12.1. The van der Waals surface area contributed by atoms with Gasteiger partial charge in [-0.05, 0) is 24.3 Å². The van der Waals surface area contributed by atoms with Gasteiger partial charge in [0, 0.05) is 39.3 Å². The van der Waals surface area contributed by atoms with Crippen molar-refractivity contribution >= 4 is 11.8 Å². The highest BCUT2D eigenvalue weighted by Crippen LogP contribution is 2.18. The van der Waals surface area contributed by atoms with Crippen LogP contribution in [0.4, 0.5) is 0 Å². The first-order valence-electron chi connectivity index (χ1n) is 9.23. The molecule has 0 spiro atoms. The fraction of sp³-hybridized carbons (Fsp3) is 0.600. The van der Waals surface area contributed by atoms with Gasteiger partial charge in [-0.1, -0.05) is 44.2 Å². The molecule has 1 unspecified atom stereocenters. The van der Waals surface area contributed by atoms with Gasteiger partial charge in [-0.3, -0.25) is 9.59 Å². The van der Waals surface area contributed by atoms with Crippen molar-refractivity contribution in [1.29, 1.82) is 0 Å². The Labute approximate surface area is 150 Å². The maximum absolute atomic E-state index is 12.2. The summed E-state index contributed by atoms with van der Waals surface area (Å²) < 4.78 is 5.50. The number of hydrogen-bond donors (Lipinski definition) is 1. The maximum atomic E-state index is 12.2. The summed E-state index contributed by atoms with van der Waals surface area (Å²) in [5.74, 6) is 0.372. The van der Waals surface area contributed by atoms with E-state index in [-0.39, 0.29) is 17.7 Å². The minimum Gasteiger partial charge on any atom is -0.381 e. The van der Waals surface area contributed by atoms with Crippen LogP contribution in [0.3, 0.4) is 0 Å². The topological polar surface area (TPSA) is 58.6 Å². The summed E-state index contributed by atoms with van der Waals surface area (Å²) in [6.45, 7) is 7.44. The molecule has 1 aliphatic heterocycles. The smallest absolute Gasteiger partial charge is 0.225 e. The van der Waals surface area contributed by atoms with Gasteiger partial charge >= 0.3 is 0 Å². The molecule has 5 heteroatoms. The van der Waals surface area contributed by atoms with Gasteiger partial charge in [0.25, 0.3) is 0 Å². The molecule has 1 atom stereocenters. The van der Waals surface area contributed by atoms with Crippen molar-refractivity contribution in [2.24, 2.45) is 11.8 Å². The van der Waals surface area contributed by atoms with Crippen molar-refractivity contribution < 1.29 is 14.3 Å². The van der Waals surface area contributed by atoms with E-state index in [1.165, 1.54) is 5.56 Å². The molecule has 5 nitrogen and oxygen atoms in total. The lowest BCUT2D eigenvalue weighted by atomic mass is 10.1. The van der Waals surface area contributed by atoms with Crippen molar-refractivity contribution in [2.45, 2.75) is 33.1 Å². The zero-order valence-corrected chi connectivity index (χ0v) is 15.4. The Balaban J connectivity index is 1.64. The third kappa shape index (κ3) is 6.86. The molecule has 2 rings (SSSR count). The number of benzene rings is 1. The Morgan fingerprint density at radius 3 is 2.80 bits per heavy atom. The van der Waals surface area contributed by atoms with Crippen LogP contribution in [0.15, 0.2) is 30.3 Å². The van der Waals surface area contributed by atoms with Crippen LogP contribution in [-0.4, -0.2) is 49.6 Å². The minimum atomic E-state index is -0.222. The summed E-state index contributed by atoms with van der Waals surface area (Å²) in [5.41, 5.74) is 1.21. The number of amides is 2. The highest BCUT2D eigenvalue weighted by atomic mass is 16.5. The van der Waals surface area contributed by atoms with Crippen LogP contribution in [0.25, 0.3) is 0 Å². The Bertz CT molecular complexity index is 545. The number of nitrogens with zero attached hydrogens (tertiary/aromatic N) is 1. The van der Waals surface area contributed by atoms with E-state index in [1.807, 2.05) is 23.1 Å². The summed E-state index contributed by atoms with van der Waals surface area (Å²) in [4.78, 5) is 26.1. The molecule has 138 valence electrons. The summed E-state index contributed by atoms with van der Waals surface area (Å²) in [6.07, 6.45) is 1.95. The molecule has 0 aromatic heterocycles. The number of carbonyl (C=O) groups is 2. The molecule has 1 aromatic carbocycles. The van der Waals surface area contributed by atoms with Gasteiger partial charge in [-0.25, -0.2) is 0 Å². The van der Waals surface area contributed by atoms with Crippen LogP contribution in [-0.2, 0) is 20.7 Å². The van der Waals surface area contributed by atoms with E-state index >= 15 is 0 Å². The third-order valence-corrected chi connectivity index (χ3v) is 4.31. The largest absolute Gasteiger partial charge is 0.381 e. The van der Waals surface area contributed by atoms with E-state index in [0.717, 1.165) is 19.4 Å². The van der Waals surface area contributed by atoms with Gasteiger partial charge in [0.15, 0.2) is 0 Å². The summed E-state index contributed by atoms with van der Waals surface area (Å²) >= 11 is 0. The fourth-order valence-electron chi connectivity index (χ4n) is 2.92. The zero-order chi connectivity index (χ0) is 18.1. The molecule has 0 aliphatic carbocycles. The number of ether oxygens (including phenoxy) is 1. The van der Waals surface area contributed by atoms with Crippen molar-refractivity contribution in [3.63, 3.8) is 0 Å². The molecule has 25 heavy (non-hydrogen) atoms. The molecule has 1 aromatic rings. The fourth-order valence-corrected chi connectivity index (χ4v) is 2.92. The van der Waals surface area contributed by atoms with E-state index in [2.05, 4.69) is 31.3 Å². The van der Waals surface area contributed by atoms with Crippen LogP contribution >= 0.6 is 0 Å². The summed E-state index contributed by atoms with van der Waals surface area (Å²) in [6, 6.07) is 10.1. The second-order valence-electron chi connectivity index (χ2n) is 7.09. The number of nitrogens with one attached hydrogen (secondary N) is 1. The standard InChI is InChI=1S/C20H30N2O3/c1-16(2)15-25-12-6-10-21-20(24)18-13-19(23)22(14-18)11-9-17-7-4-3-5-8-17/h3-5,7-8,16,18H,6,9-15H2,1-2H3,(H,21,24). The molecule has 2 amide bonds. The zero-order valence-electron chi connectivity index (χ0n) is 15.4. The van der Waals surface area contributed by atoms with Crippen LogP contribution in [0.2, 0.25) is 0 Å². The Morgan fingerprint density at radius 2 is 2.08 bits per heavy atom. The van der Waals surface area contributed by atoms with Gasteiger partial charge < -0.3 is 15.0 Å². The lowest BCUT2D eigenvalue weighted by Crippen LogP contribution is -2.34. The van der Waals surface area contributed by atoms with Crippen molar-refractivity contribution in [3.8, 4) is 0 Å². The van der Waals surface area contributed by atoms with E-state index in [4.69, 9.17) is 4.74 Å². The lowest BCUT2D eigenvalue weighted by molar-refractivity contribution is -0.129. The average molecular weight is 346 g/mol. The lowest BCUT2D eigenvalue weighted by Gasteiger charge is -2.16. The molecule has 0 saturated carbocycles. The van der Waals surface area contributed by atoms with Crippen LogP contribution in [0.1, 0.15) is 32.3 Å². The first-order valence-corrected chi connectivity index (χ1v) is 9.23. The monoisotopic (exact) mass is 346 g/mol. The first kappa shape index (κ1) is 19.4. The van der Waals surface area contributed by atoms with E-state index < -0.39 is 0 Å². The molecule has 1 heterocycles. The normalized spacial score (nSPS) is 17.3. The molecule has 1 saturated heterocycles. The molecule has 1 aliphatic rings. The van der Waals surface area contributed by atoms with Crippen LogP contribution in [0, 0.1) is 11.8 Å². The second-order valence-corrected chi connectivity index (χ2v) is 7.09. The number of likely N-dealkylation sites (tertiary alicyclic amines) is 1. The Kier molecular flexibility index (Phi) is 7.92. The third-order valence-electron chi connectivity index (χ3n) is 4.31. The van der Waals surface area contributed by atoms with E-state index in [9.17, 15) is 9.59 Å². The number of hydrogen-bond acceptors (Lipinski definition) is 3. The molecule has 1 fully saturated rings. The quantitative estimate of drug-likeness (QED) is 0.661. The van der Waals surface area contributed by atoms with Gasteiger partial charge in [0.1, 0.15) is 0 Å². The highest BCUT2D eigenvalue weighted by Gasteiger charge is 2.33. The van der Waals surface area contributed by atoms with Crippen LogP contribution < -0.4 is 5.32 Å². The molecule has 0 bridgehead atoms. The van der Waals surface area contributed by atoms with Gasteiger partial charge in [0.2, 0.25) is 11.8 Å². The number of carbonyl (C=O) groups excluding carboxylic acids is 2. The number of rotatable bonds is 10. The highest BCUT2D eigenvalue weighted by molar-refractivity contribution is 5.89. The maximum Gasteiger partial charge on any atom is 0.225 e. The van der Waals surface area contributed by atoms with E-state index in [1.54, 1.807) is 0 Å². The molecular weight excluding hydrogens is 316 g/mol. The Morgan fingerprint density at radius 1 is 1.32 bits per heavy atom. The van der Waals surface area contributed by atoms with Crippen molar-refractivity contribution in [2.75, 3.05) is 32.8 Å². The van der Waals surface area contributed by atoms with Crippen molar-refractivity contribution in [1.82, 2.24) is 10.2 Å². The Hall–Kier alpha value is -1.88. The van der Waals surface area contributed by atoms with Gasteiger partial charge in [-0.15, -0.1) is 0 Å². The van der Waals surface area contributed by atoms with Gasteiger partial charge in [-0.2, -0.15) is 0 Å². The minimum absolute atomic E-state index is 0.0144. The van der Waals surface area contributed by atoms with E-state index in [0.29, 0.717) is 38.6 Å². The average Bonchev–Trinajstić information content (AvgIpc) is 2.97. The molecular formula is C20H30N2O3. The second kappa shape index (κ2) is 10.2. The summed E-state index contributed by atoms with van der Waals surface area (Å²) in [7, 11) is 0. The van der Waals surface area contributed by atoms with Crippen molar-refractivity contribution in [3.05, 3.63) is 35.9 Å². The molecule has 1 N–H and O–H groups in total. The molecule has 0 radical (unpaired) electrons. The van der Waals surface area contributed by atoms with Gasteiger partial charge in [0.05, 0.1) is 5.92 Å².